The van der Waals surface area contributed by atoms with Crippen LogP contribution in [0.2, 0.25) is 0 Å². The van der Waals surface area contributed by atoms with Gasteiger partial charge < -0.3 is 14.0 Å². The number of benzene rings is 1. The fourth-order valence-electron chi connectivity index (χ4n) is 3.36. The van der Waals surface area contributed by atoms with E-state index in [1.54, 1.807) is 12.5 Å². The molecule has 1 saturated heterocycles. The van der Waals surface area contributed by atoms with Crippen molar-refractivity contribution in [3.05, 3.63) is 54.1 Å². The van der Waals surface area contributed by atoms with E-state index in [4.69, 9.17) is 13.7 Å². The molecule has 0 aliphatic carbocycles. The van der Waals surface area contributed by atoms with Crippen molar-refractivity contribution >= 4 is 10.1 Å². The van der Waals surface area contributed by atoms with Gasteiger partial charge in [0.05, 0.1) is 32.3 Å². The Morgan fingerprint density at radius 2 is 2.00 bits per heavy atom. The SMILES string of the molecule is CC(C)(C)c1ccc(CCC2(Cn3ccnc3)OCC(COS(C)(=O)=O)O2)cc1. The van der Waals surface area contributed by atoms with E-state index >= 15 is 0 Å². The van der Waals surface area contributed by atoms with Crippen molar-refractivity contribution in [3.63, 3.8) is 0 Å². The molecule has 1 aromatic heterocycles. The summed E-state index contributed by atoms with van der Waals surface area (Å²) in [7, 11) is -3.52. The van der Waals surface area contributed by atoms with Crippen molar-refractivity contribution in [1.82, 2.24) is 9.55 Å². The van der Waals surface area contributed by atoms with Crippen LogP contribution in [0.4, 0.5) is 0 Å². The number of rotatable bonds is 8. The molecule has 0 saturated carbocycles. The molecule has 3 rings (SSSR count). The predicted molar refractivity (Wildman–Crippen MR) is 110 cm³/mol. The first-order chi connectivity index (χ1) is 13.5. The first kappa shape index (κ1) is 22.0. The van der Waals surface area contributed by atoms with Gasteiger partial charge in [-0.25, -0.2) is 4.98 Å². The molecule has 1 aliphatic heterocycles. The molecule has 2 atom stereocenters. The molecule has 8 heteroatoms. The van der Waals surface area contributed by atoms with Gasteiger partial charge in [-0.1, -0.05) is 45.0 Å². The molecular weight excluding hydrogens is 392 g/mol. The van der Waals surface area contributed by atoms with Crippen LogP contribution in [0.1, 0.15) is 38.3 Å². The van der Waals surface area contributed by atoms with E-state index in [2.05, 4.69) is 50.0 Å². The molecule has 0 amide bonds. The lowest BCUT2D eigenvalue weighted by Crippen LogP contribution is -2.37. The van der Waals surface area contributed by atoms with E-state index in [0.717, 1.165) is 12.7 Å². The second-order valence-corrected chi connectivity index (χ2v) is 10.3. The Labute approximate surface area is 173 Å². The summed E-state index contributed by atoms with van der Waals surface area (Å²) in [6.45, 7) is 7.30. The molecule has 29 heavy (non-hydrogen) atoms. The van der Waals surface area contributed by atoms with Crippen molar-refractivity contribution in [2.75, 3.05) is 19.5 Å². The molecular formula is C21H30N2O5S. The molecule has 2 heterocycles. The highest BCUT2D eigenvalue weighted by Crippen LogP contribution is 2.31. The number of imidazole rings is 1. The van der Waals surface area contributed by atoms with E-state index in [1.807, 2.05) is 10.8 Å². The average Bonchev–Trinajstić information content (AvgIpc) is 3.28. The predicted octanol–water partition coefficient (Wildman–Crippen LogP) is 2.90. The summed E-state index contributed by atoms with van der Waals surface area (Å²) in [5.41, 5.74) is 2.61. The molecule has 2 aromatic rings. The number of hydrogen-bond donors (Lipinski definition) is 0. The standard InChI is InChI=1S/C21H30N2O5S/c1-20(2,3)18-7-5-17(6-8-18)9-10-21(15-23-12-11-22-16-23)26-13-19(28-21)14-27-29(4,24)25/h5-8,11-12,16,19H,9-10,13-15H2,1-4H3. The summed E-state index contributed by atoms with van der Waals surface area (Å²) < 4.78 is 41.6. The molecule has 0 spiro atoms. The van der Waals surface area contributed by atoms with Gasteiger partial charge in [-0.15, -0.1) is 0 Å². The van der Waals surface area contributed by atoms with Gasteiger partial charge in [0.2, 0.25) is 0 Å². The fraction of sp³-hybridized carbons (Fsp3) is 0.571. The lowest BCUT2D eigenvalue weighted by atomic mass is 9.86. The van der Waals surface area contributed by atoms with Crippen LogP contribution in [0.3, 0.4) is 0 Å². The minimum atomic E-state index is -3.52. The molecule has 7 nitrogen and oxygen atoms in total. The average molecular weight is 423 g/mol. The van der Waals surface area contributed by atoms with Gasteiger partial charge in [0.25, 0.3) is 10.1 Å². The Bertz CT molecular complexity index is 888. The number of ether oxygens (including phenoxy) is 2. The zero-order valence-electron chi connectivity index (χ0n) is 17.5. The Hall–Kier alpha value is -1.74. The monoisotopic (exact) mass is 422 g/mol. The zero-order chi connectivity index (χ0) is 21.1. The maximum Gasteiger partial charge on any atom is 0.264 e. The summed E-state index contributed by atoms with van der Waals surface area (Å²) in [5, 5.41) is 0. The van der Waals surface area contributed by atoms with Gasteiger partial charge >= 0.3 is 0 Å². The molecule has 0 N–H and O–H groups in total. The number of aromatic nitrogens is 2. The van der Waals surface area contributed by atoms with Gasteiger partial charge in [0, 0.05) is 18.8 Å². The molecule has 1 fully saturated rings. The quantitative estimate of drug-likeness (QED) is 0.609. The van der Waals surface area contributed by atoms with Gasteiger partial charge in [0.1, 0.15) is 6.10 Å². The third kappa shape index (κ3) is 6.37. The highest BCUT2D eigenvalue weighted by Gasteiger charge is 2.42. The molecule has 0 radical (unpaired) electrons. The largest absolute Gasteiger partial charge is 0.345 e. The third-order valence-electron chi connectivity index (χ3n) is 4.98. The van der Waals surface area contributed by atoms with Crippen LogP contribution in [0.5, 0.6) is 0 Å². The van der Waals surface area contributed by atoms with Crippen LogP contribution in [0, 0.1) is 0 Å². The Kier molecular flexibility index (Phi) is 6.48. The summed E-state index contributed by atoms with van der Waals surface area (Å²) in [6, 6.07) is 8.61. The van der Waals surface area contributed by atoms with Crippen LogP contribution in [-0.4, -0.2) is 49.3 Å². The summed E-state index contributed by atoms with van der Waals surface area (Å²) >= 11 is 0. The van der Waals surface area contributed by atoms with Crippen molar-refractivity contribution in [1.29, 1.82) is 0 Å². The lowest BCUT2D eigenvalue weighted by molar-refractivity contribution is -0.184. The molecule has 2 unspecified atom stereocenters. The number of aryl methyl sites for hydroxylation is 1. The number of nitrogens with zero attached hydrogens (tertiary/aromatic N) is 2. The summed E-state index contributed by atoms with van der Waals surface area (Å²) in [5.74, 6) is -0.852. The van der Waals surface area contributed by atoms with Gasteiger partial charge in [-0.2, -0.15) is 8.42 Å². The van der Waals surface area contributed by atoms with Crippen LogP contribution in [0.15, 0.2) is 43.0 Å². The van der Waals surface area contributed by atoms with Gasteiger partial charge in [0.15, 0.2) is 5.79 Å². The topological polar surface area (TPSA) is 79.7 Å². The highest BCUT2D eigenvalue weighted by atomic mass is 32.2. The maximum absolute atomic E-state index is 11.3. The van der Waals surface area contributed by atoms with E-state index in [-0.39, 0.29) is 18.6 Å². The molecule has 0 bridgehead atoms. The second kappa shape index (κ2) is 8.55. The third-order valence-corrected chi connectivity index (χ3v) is 5.54. The lowest BCUT2D eigenvalue weighted by Gasteiger charge is -2.29. The minimum Gasteiger partial charge on any atom is -0.345 e. The van der Waals surface area contributed by atoms with Gasteiger partial charge in [-0.3, -0.25) is 4.18 Å². The number of hydrogen-bond acceptors (Lipinski definition) is 6. The van der Waals surface area contributed by atoms with Crippen LogP contribution >= 0.6 is 0 Å². The first-order valence-electron chi connectivity index (χ1n) is 9.76. The first-order valence-corrected chi connectivity index (χ1v) is 11.6. The molecule has 1 aromatic carbocycles. The van der Waals surface area contributed by atoms with Crippen molar-refractivity contribution < 1.29 is 22.1 Å². The maximum atomic E-state index is 11.3. The van der Waals surface area contributed by atoms with Crippen LogP contribution in [0.25, 0.3) is 0 Å². The van der Waals surface area contributed by atoms with E-state index in [0.29, 0.717) is 13.0 Å². The summed E-state index contributed by atoms with van der Waals surface area (Å²) in [4.78, 5) is 4.08. The Balaban J connectivity index is 1.68. The van der Waals surface area contributed by atoms with E-state index < -0.39 is 22.0 Å². The normalized spacial score (nSPS) is 22.8. The van der Waals surface area contributed by atoms with Crippen molar-refractivity contribution in [3.8, 4) is 0 Å². The Morgan fingerprint density at radius 1 is 1.28 bits per heavy atom. The van der Waals surface area contributed by atoms with E-state index in [9.17, 15) is 8.42 Å². The highest BCUT2D eigenvalue weighted by molar-refractivity contribution is 7.85. The van der Waals surface area contributed by atoms with Crippen LogP contribution < -0.4 is 0 Å². The molecule has 160 valence electrons. The van der Waals surface area contributed by atoms with Crippen LogP contribution in [-0.2, 0) is 42.2 Å². The zero-order valence-corrected chi connectivity index (χ0v) is 18.3. The smallest absolute Gasteiger partial charge is 0.264 e. The minimum absolute atomic E-state index is 0.0508. The fourth-order valence-corrected chi connectivity index (χ4v) is 3.75. The van der Waals surface area contributed by atoms with Crippen molar-refractivity contribution in [2.24, 2.45) is 0 Å². The van der Waals surface area contributed by atoms with Crippen molar-refractivity contribution in [2.45, 2.75) is 57.5 Å². The second-order valence-electron chi connectivity index (χ2n) is 8.63. The van der Waals surface area contributed by atoms with Gasteiger partial charge in [-0.05, 0) is 23.0 Å². The Morgan fingerprint density at radius 3 is 2.59 bits per heavy atom. The molecule has 1 aliphatic rings. The van der Waals surface area contributed by atoms with E-state index in [1.165, 1.54) is 11.1 Å². The summed E-state index contributed by atoms with van der Waals surface area (Å²) in [6.07, 6.45) is 7.28.